The van der Waals surface area contributed by atoms with Gasteiger partial charge in [0.05, 0.1) is 24.2 Å². The molecule has 2 N–H and O–H groups in total. The summed E-state index contributed by atoms with van der Waals surface area (Å²) >= 11 is 0. The summed E-state index contributed by atoms with van der Waals surface area (Å²) in [5.74, 6) is 0.272. The molecular formula is C20H32O3. The first-order valence-electron chi connectivity index (χ1n) is 9.12. The number of aryl methyl sites for hydroxylation is 1. The summed E-state index contributed by atoms with van der Waals surface area (Å²) in [6, 6.07) is 1.97. The van der Waals surface area contributed by atoms with Crippen molar-refractivity contribution in [3.8, 4) is 0 Å². The maximum absolute atomic E-state index is 11.8. The molecule has 130 valence electrons. The number of aliphatic hydroxyl groups excluding tert-OH is 1. The summed E-state index contributed by atoms with van der Waals surface area (Å²) < 4.78 is 5.17. The van der Waals surface area contributed by atoms with Crippen LogP contribution in [0.25, 0.3) is 0 Å². The third-order valence-corrected chi connectivity index (χ3v) is 7.40. The Morgan fingerprint density at radius 3 is 2.65 bits per heavy atom. The van der Waals surface area contributed by atoms with Gasteiger partial charge in [0.2, 0.25) is 0 Å². The van der Waals surface area contributed by atoms with Gasteiger partial charge in [0.15, 0.2) is 0 Å². The van der Waals surface area contributed by atoms with E-state index >= 15 is 0 Å². The zero-order valence-electron chi connectivity index (χ0n) is 15.0. The Balaban J connectivity index is 1.93. The summed E-state index contributed by atoms with van der Waals surface area (Å²) in [7, 11) is 0. The zero-order valence-corrected chi connectivity index (χ0v) is 15.0. The average molecular weight is 320 g/mol. The van der Waals surface area contributed by atoms with E-state index in [0.29, 0.717) is 12.3 Å². The number of hydrogen-bond acceptors (Lipinski definition) is 3. The number of aliphatic hydroxyl groups is 2. The fraction of sp³-hybridized carbons (Fsp3) is 0.800. The monoisotopic (exact) mass is 320 g/mol. The van der Waals surface area contributed by atoms with Crippen LogP contribution in [-0.2, 0) is 6.42 Å². The molecule has 2 aliphatic carbocycles. The minimum Gasteiger partial charge on any atom is -0.472 e. The van der Waals surface area contributed by atoms with Gasteiger partial charge in [-0.2, -0.15) is 0 Å². The molecule has 0 aromatic carbocycles. The van der Waals surface area contributed by atoms with Crippen molar-refractivity contribution >= 4 is 0 Å². The molecule has 3 heteroatoms. The third-order valence-electron chi connectivity index (χ3n) is 7.40. The number of rotatable bonds is 3. The predicted octanol–water partition coefficient (Wildman–Crippen LogP) is 4.18. The van der Waals surface area contributed by atoms with Crippen LogP contribution in [0.2, 0.25) is 0 Å². The van der Waals surface area contributed by atoms with Crippen LogP contribution >= 0.6 is 0 Å². The first kappa shape index (κ1) is 17.0. The van der Waals surface area contributed by atoms with Crippen molar-refractivity contribution in [2.24, 2.45) is 22.7 Å². The predicted molar refractivity (Wildman–Crippen MR) is 91.0 cm³/mol. The van der Waals surface area contributed by atoms with Gasteiger partial charge in [-0.05, 0) is 55.1 Å². The van der Waals surface area contributed by atoms with Crippen LogP contribution in [0.3, 0.4) is 0 Å². The van der Waals surface area contributed by atoms with E-state index in [9.17, 15) is 10.2 Å². The van der Waals surface area contributed by atoms with Crippen molar-refractivity contribution in [1.29, 1.82) is 0 Å². The van der Waals surface area contributed by atoms with E-state index in [2.05, 4.69) is 20.8 Å². The quantitative estimate of drug-likeness (QED) is 0.878. The summed E-state index contributed by atoms with van der Waals surface area (Å²) in [5.41, 5.74) is 0.347. The second kappa shape index (κ2) is 5.63. The smallest absolute Gasteiger partial charge is 0.0934 e. The van der Waals surface area contributed by atoms with Crippen molar-refractivity contribution < 1.29 is 14.6 Å². The Hall–Kier alpha value is -0.800. The lowest BCUT2D eigenvalue weighted by atomic mass is 9.43. The highest BCUT2D eigenvalue weighted by atomic mass is 16.3. The molecule has 0 spiro atoms. The number of hydrogen-bond donors (Lipinski definition) is 2. The van der Waals surface area contributed by atoms with Crippen LogP contribution in [0.5, 0.6) is 0 Å². The fourth-order valence-corrected chi connectivity index (χ4v) is 5.79. The maximum Gasteiger partial charge on any atom is 0.0934 e. The van der Waals surface area contributed by atoms with E-state index in [0.717, 1.165) is 31.2 Å². The zero-order chi connectivity index (χ0) is 16.9. The molecule has 0 amide bonds. The van der Waals surface area contributed by atoms with Gasteiger partial charge < -0.3 is 14.6 Å². The molecule has 1 aromatic rings. The highest BCUT2D eigenvalue weighted by Gasteiger charge is 2.63. The molecule has 3 nitrogen and oxygen atoms in total. The molecule has 23 heavy (non-hydrogen) atoms. The third kappa shape index (κ3) is 2.56. The average Bonchev–Trinajstić information content (AvgIpc) is 2.99. The highest BCUT2D eigenvalue weighted by molar-refractivity contribution is 5.15. The molecule has 2 aliphatic rings. The summed E-state index contributed by atoms with van der Waals surface area (Å²) in [6.45, 7) is 8.93. The van der Waals surface area contributed by atoms with Crippen molar-refractivity contribution in [2.75, 3.05) is 0 Å². The highest BCUT2D eigenvalue weighted by Crippen LogP contribution is 2.63. The molecule has 5 atom stereocenters. The Morgan fingerprint density at radius 2 is 2.00 bits per heavy atom. The van der Waals surface area contributed by atoms with Gasteiger partial charge in [-0.3, -0.25) is 0 Å². The lowest BCUT2D eigenvalue weighted by Gasteiger charge is -2.64. The van der Waals surface area contributed by atoms with Gasteiger partial charge in [0.1, 0.15) is 0 Å². The van der Waals surface area contributed by atoms with Crippen LogP contribution in [-0.4, -0.2) is 21.9 Å². The second-order valence-corrected chi connectivity index (χ2v) is 8.96. The van der Waals surface area contributed by atoms with Crippen LogP contribution < -0.4 is 0 Å². The van der Waals surface area contributed by atoms with Crippen molar-refractivity contribution in [1.82, 2.24) is 0 Å². The molecule has 0 unspecified atom stereocenters. The summed E-state index contributed by atoms with van der Waals surface area (Å²) in [5, 5.41) is 22.5. The second-order valence-electron chi connectivity index (χ2n) is 8.96. The standard InChI is InChI=1S/C20H32O3/c1-14-16(21)12-17-18(2,3)8-5-9-19(17,4)20(14,22)10-6-15-7-11-23-13-15/h7,11,13-14,16-17,21-22H,5-6,8-10,12H2,1-4H3/t14-,16-,17+,19+,20-/m1/s1. The van der Waals surface area contributed by atoms with Gasteiger partial charge >= 0.3 is 0 Å². The molecule has 2 saturated carbocycles. The van der Waals surface area contributed by atoms with E-state index in [1.54, 1.807) is 12.5 Å². The van der Waals surface area contributed by atoms with E-state index < -0.39 is 11.7 Å². The Bertz CT molecular complexity index is 535. The van der Waals surface area contributed by atoms with Crippen LogP contribution in [0, 0.1) is 22.7 Å². The lowest BCUT2D eigenvalue weighted by Crippen LogP contribution is -2.65. The van der Waals surface area contributed by atoms with Gasteiger partial charge in [-0.1, -0.05) is 34.1 Å². The largest absolute Gasteiger partial charge is 0.472 e. The molecular weight excluding hydrogens is 288 g/mol. The van der Waals surface area contributed by atoms with E-state index in [-0.39, 0.29) is 16.7 Å². The number of fused-ring (bicyclic) bond motifs is 1. The van der Waals surface area contributed by atoms with Crippen molar-refractivity contribution in [3.63, 3.8) is 0 Å². The molecule has 0 bridgehead atoms. The Kier molecular flexibility index (Phi) is 4.17. The minimum atomic E-state index is -0.829. The van der Waals surface area contributed by atoms with E-state index in [1.165, 1.54) is 6.42 Å². The van der Waals surface area contributed by atoms with Crippen LogP contribution in [0.1, 0.15) is 65.4 Å². The first-order valence-corrected chi connectivity index (χ1v) is 9.12. The van der Waals surface area contributed by atoms with Gasteiger partial charge in [0, 0.05) is 11.3 Å². The summed E-state index contributed by atoms with van der Waals surface area (Å²) in [4.78, 5) is 0. The molecule has 2 fully saturated rings. The molecule has 1 aromatic heterocycles. The van der Waals surface area contributed by atoms with Crippen molar-refractivity contribution in [3.05, 3.63) is 24.2 Å². The molecule has 0 radical (unpaired) electrons. The Labute approximate surface area is 140 Å². The van der Waals surface area contributed by atoms with E-state index in [4.69, 9.17) is 4.42 Å². The van der Waals surface area contributed by atoms with Gasteiger partial charge in [0.25, 0.3) is 0 Å². The molecule has 3 rings (SSSR count). The molecule has 0 aliphatic heterocycles. The maximum atomic E-state index is 11.8. The first-order chi connectivity index (χ1) is 10.7. The normalized spacial score (nSPS) is 43.1. The van der Waals surface area contributed by atoms with Gasteiger partial charge in [-0.25, -0.2) is 0 Å². The molecule has 0 saturated heterocycles. The minimum absolute atomic E-state index is 0.0930. The molecule has 1 heterocycles. The topological polar surface area (TPSA) is 53.6 Å². The SMILES string of the molecule is C[C@@H]1[C@H](O)C[C@H]2C(C)(C)CCC[C@]2(C)[C@@]1(O)CCc1ccoc1. The van der Waals surface area contributed by atoms with Crippen LogP contribution in [0.4, 0.5) is 0 Å². The fourth-order valence-electron chi connectivity index (χ4n) is 5.79. The number of furan rings is 1. The summed E-state index contributed by atoms with van der Waals surface area (Å²) in [6.07, 6.45) is 8.74. The van der Waals surface area contributed by atoms with E-state index in [1.807, 2.05) is 13.0 Å². The van der Waals surface area contributed by atoms with Crippen LogP contribution in [0.15, 0.2) is 23.0 Å². The van der Waals surface area contributed by atoms with Gasteiger partial charge in [-0.15, -0.1) is 0 Å². The lowest BCUT2D eigenvalue weighted by molar-refractivity contribution is -0.239. The van der Waals surface area contributed by atoms with Crippen molar-refractivity contribution in [2.45, 2.75) is 77.9 Å². The Morgan fingerprint density at radius 1 is 1.26 bits per heavy atom.